The lowest BCUT2D eigenvalue weighted by molar-refractivity contribution is 0.591. The van der Waals surface area contributed by atoms with Crippen molar-refractivity contribution in [1.29, 1.82) is 0 Å². The molecule has 1 atom stereocenters. The summed E-state index contributed by atoms with van der Waals surface area (Å²) in [5.41, 5.74) is 2.16. The summed E-state index contributed by atoms with van der Waals surface area (Å²) in [6, 6.07) is 6.03. The minimum Gasteiger partial charge on any atom is -0.307 e. The third-order valence-electron chi connectivity index (χ3n) is 2.36. The van der Waals surface area contributed by atoms with E-state index in [1.165, 1.54) is 0 Å². The lowest BCUT2D eigenvalue weighted by atomic mass is 10.0. The van der Waals surface area contributed by atoms with E-state index < -0.39 is 0 Å². The summed E-state index contributed by atoms with van der Waals surface area (Å²) in [5.74, 6) is 0. The van der Waals surface area contributed by atoms with E-state index in [-0.39, 0.29) is 6.04 Å². The highest BCUT2D eigenvalue weighted by atomic mass is 79.9. The van der Waals surface area contributed by atoms with Gasteiger partial charge < -0.3 is 5.32 Å². The van der Waals surface area contributed by atoms with Crippen molar-refractivity contribution in [2.24, 2.45) is 0 Å². The van der Waals surface area contributed by atoms with Crippen molar-refractivity contribution in [3.63, 3.8) is 0 Å². The summed E-state index contributed by atoms with van der Waals surface area (Å²) < 4.78 is 1.04. The van der Waals surface area contributed by atoms with Crippen LogP contribution in [0.4, 0.5) is 0 Å². The fourth-order valence-corrected chi connectivity index (χ4v) is 2.18. The molecule has 1 aromatic rings. The van der Waals surface area contributed by atoms with Crippen LogP contribution in [-0.4, -0.2) is 6.54 Å². The van der Waals surface area contributed by atoms with Crippen molar-refractivity contribution in [2.75, 3.05) is 6.54 Å². The lowest BCUT2D eigenvalue weighted by Gasteiger charge is -2.20. The molecule has 0 bridgehead atoms. The molecule has 16 heavy (non-hydrogen) atoms. The second-order valence-corrected chi connectivity index (χ2v) is 5.22. The second kappa shape index (κ2) is 6.43. The van der Waals surface area contributed by atoms with Gasteiger partial charge in [0.15, 0.2) is 0 Å². The van der Waals surface area contributed by atoms with Gasteiger partial charge in [0, 0.05) is 9.50 Å². The van der Waals surface area contributed by atoms with E-state index in [0.717, 1.165) is 33.6 Å². The van der Waals surface area contributed by atoms with Crippen molar-refractivity contribution in [1.82, 2.24) is 5.32 Å². The predicted octanol–water partition coefficient (Wildman–Crippen LogP) is 4.72. The van der Waals surface area contributed by atoms with Gasteiger partial charge in [0.2, 0.25) is 0 Å². The van der Waals surface area contributed by atoms with E-state index in [1.807, 2.05) is 25.1 Å². The van der Waals surface area contributed by atoms with Crippen LogP contribution in [0.1, 0.15) is 31.9 Å². The van der Waals surface area contributed by atoms with E-state index in [0.29, 0.717) is 0 Å². The van der Waals surface area contributed by atoms with Crippen molar-refractivity contribution in [3.05, 3.63) is 45.4 Å². The SMILES string of the molecule is C=C(C)C(NCCC)c1cc(Br)ccc1Cl. The molecule has 0 saturated heterocycles. The lowest BCUT2D eigenvalue weighted by Crippen LogP contribution is -2.23. The average molecular weight is 303 g/mol. The molecule has 0 radical (unpaired) electrons. The summed E-state index contributed by atoms with van der Waals surface area (Å²) >= 11 is 9.68. The Balaban J connectivity index is 3.00. The zero-order valence-corrected chi connectivity index (χ0v) is 12.0. The van der Waals surface area contributed by atoms with Gasteiger partial charge in [0.05, 0.1) is 6.04 Å². The summed E-state index contributed by atoms with van der Waals surface area (Å²) in [6.45, 7) is 9.14. The number of hydrogen-bond acceptors (Lipinski definition) is 1. The minimum absolute atomic E-state index is 0.130. The number of benzene rings is 1. The van der Waals surface area contributed by atoms with Crippen LogP contribution in [-0.2, 0) is 0 Å². The Labute approximate surface area is 111 Å². The Morgan fingerprint density at radius 1 is 1.56 bits per heavy atom. The van der Waals surface area contributed by atoms with Crippen LogP contribution in [0.3, 0.4) is 0 Å². The molecule has 1 N–H and O–H groups in total. The van der Waals surface area contributed by atoms with Crippen LogP contribution in [0, 0.1) is 0 Å². The summed E-state index contributed by atoms with van der Waals surface area (Å²) in [4.78, 5) is 0. The number of halogens is 2. The Morgan fingerprint density at radius 2 is 2.25 bits per heavy atom. The third-order valence-corrected chi connectivity index (χ3v) is 3.20. The molecule has 1 unspecified atom stereocenters. The van der Waals surface area contributed by atoms with Gasteiger partial charge in [-0.1, -0.05) is 46.6 Å². The van der Waals surface area contributed by atoms with Gasteiger partial charge in [-0.3, -0.25) is 0 Å². The predicted molar refractivity (Wildman–Crippen MR) is 75.0 cm³/mol. The fourth-order valence-electron chi connectivity index (χ4n) is 1.57. The quantitative estimate of drug-likeness (QED) is 0.776. The van der Waals surface area contributed by atoms with E-state index in [9.17, 15) is 0 Å². The molecule has 1 rings (SSSR count). The molecule has 0 heterocycles. The maximum absolute atomic E-state index is 6.21. The molecule has 0 aliphatic carbocycles. The molecule has 0 aliphatic rings. The summed E-state index contributed by atoms with van der Waals surface area (Å²) in [5, 5.41) is 4.23. The molecule has 88 valence electrons. The molecule has 0 amide bonds. The first kappa shape index (κ1) is 13.8. The largest absolute Gasteiger partial charge is 0.307 e. The zero-order valence-electron chi connectivity index (χ0n) is 9.69. The number of nitrogens with one attached hydrogen (secondary N) is 1. The standard InChI is InChI=1S/C13H17BrClN/c1-4-7-16-13(9(2)3)11-8-10(14)5-6-12(11)15/h5-6,8,13,16H,2,4,7H2,1,3H3. The molecular formula is C13H17BrClN. The average Bonchev–Trinajstić information content (AvgIpc) is 2.23. The molecule has 1 aromatic carbocycles. The number of rotatable bonds is 5. The highest BCUT2D eigenvalue weighted by Gasteiger charge is 2.14. The van der Waals surface area contributed by atoms with Crippen molar-refractivity contribution in [2.45, 2.75) is 26.3 Å². The topological polar surface area (TPSA) is 12.0 Å². The smallest absolute Gasteiger partial charge is 0.0545 e. The van der Waals surface area contributed by atoms with Crippen LogP contribution in [0.2, 0.25) is 5.02 Å². The van der Waals surface area contributed by atoms with Crippen LogP contribution in [0.25, 0.3) is 0 Å². The van der Waals surface area contributed by atoms with E-state index >= 15 is 0 Å². The summed E-state index contributed by atoms with van der Waals surface area (Å²) in [6.07, 6.45) is 1.09. The highest BCUT2D eigenvalue weighted by molar-refractivity contribution is 9.10. The first-order valence-electron chi connectivity index (χ1n) is 5.40. The van der Waals surface area contributed by atoms with Gasteiger partial charge in [0.25, 0.3) is 0 Å². The minimum atomic E-state index is 0.130. The molecular weight excluding hydrogens is 286 g/mol. The molecule has 0 aliphatic heterocycles. The van der Waals surface area contributed by atoms with Gasteiger partial charge in [-0.15, -0.1) is 0 Å². The molecule has 0 fully saturated rings. The normalized spacial score (nSPS) is 12.5. The molecule has 1 nitrogen and oxygen atoms in total. The van der Waals surface area contributed by atoms with E-state index in [4.69, 9.17) is 11.6 Å². The second-order valence-electron chi connectivity index (χ2n) is 3.90. The summed E-state index contributed by atoms with van der Waals surface area (Å²) in [7, 11) is 0. The van der Waals surface area contributed by atoms with Gasteiger partial charge in [-0.25, -0.2) is 0 Å². The van der Waals surface area contributed by atoms with E-state index in [1.54, 1.807) is 0 Å². The van der Waals surface area contributed by atoms with Gasteiger partial charge in [-0.2, -0.15) is 0 Å². The van der Waals surface area contributed by atoms with Crippen molar-refractivity contribution < 1.29 is 0 Å². The van der Waals surface area contributed by atoms with Crippen molar-refractivity contribution >= 4 is 27.5 Å². The first-order chi connectivity index (χ1) is 7.56. The van der Waals surface area contributed by atoms with Gasteiger partial charge in [0.1, 0.15) is 0 Å². The Kier molecular flexibility index (Phi) is 5.53. The van der Waals surface area contributed by atoms with Gasteiger partial charge >= 0.3 is 0 Å². The van der Waals surface area contributed by atoms with Crippen LogP contribution in [0.5, 0.6) is 0 Å². The molecule has 3 heteroatoms. The highest BCUT2D eigenvalue weighted by Crippen LogP contribution is 2.29. The Bertz CT molecular complexity index is 376. The Hall–Kier alpha value is -0.310. The number of hydrogen-bond donors (Lipinski definition) is 1. The maximum Gasteiger partial charge on any atom is 0.0545 e. The Morgan fingerprint density at radius 3 is 2.81 bits per heavy atom. The first-order valence-corrected chi connectivity index (χ1v) is 6.57. The van der Waals surface area contributed by atoms with Crippen molar-refractivity contribution in [3.8, 4) is 0 Å². The van der Waals surface area contributed by atoms with Crippen LogP contribution >= 0.6 is 27.5 Å². The zero-order chi connectivity index (χ0) is 12.1. The maximum atomic E-state index is 6.21. The fraction of sp³-hybridized carbons (Fsp3) is 0.385. The van der Waals surface area contributed by atoms with Crippen LogP contribution < -0.4 is 5.32 Å². The van der Waals surface area contributed by atoms with E-state index in [2.05, 4.69) is 34.7 Å². The third kappa shape index (κ3) is 3.62. The molecule has 0 saturated carbocycles. The molecule has 0 aromatic heterocycles. The van der Waals surface area contributed by atoms with Crippen LogP contribution in [0.15, 0.2) is 34.8 Å². The molecule has 0 spiro atoms. The van der Waals surface area contributed by atoms with Gasteiger partial charge in [-0.05, 0) is 43.7 Å². The monoisotopic (exact) mass is 301 g/mol.